The van der Waals surface area contributed by atoms with E-state index in [4.69, 9.17) is 10.5 Å². The zero-order valence-electron chi connectivity index (χ0n) is 4.11. The Morgan fingerprint density at radius 1 is 1.50 bits per heavy atom. The summed E-state index contributed by atoms with van der Waals surface area (Å²) in [6.07, 6.45) is 10.0. The van der Waals surface area contributed by atoms with Gasteiger partial charge in [0.05, 0.1) is 0 Å². The number of allylic oxidation sites excluding steroid dienone is 4. The summed E-state index contributed by atoms with van der Waals surface area (Å²) < 4.78 is 0. The molecule has 0 radical (unpaired) electrons. The smallest absolute Gasteiger partial charge is 0.577 e. The van der Waals surface area contributed by atoms with Crippen LogP contribution in [-0.2, 0) is 16.5 Å². The summed E-state index contributed by atoms with van der Waals surface area (Å²) in [5.74, 6) is 0. The Kier molecular flexibility index (Phi) is 12.9. The van der Waals surface area contributed by atoms with Crippen molar-refractivity contribution >= 4 is 0 Å². The second-order valence-electron chi connectivity index (χ2n) is 1.00. The van der Waals surface area contributed by atoms with Gasteiger partial charge in [0.25, 0.3) is 0 Å². The standard InChI is InChI=1S/C5H5.NO.Ni/c1-2-4-5-3-1;1-2;/h1-3H,4H2;;/q2*-1;+2. The summed E-state index contributed by atoms with van der Waals surface area (Å²) in [5, 5.41) is 0. The zero-order valence-corrected chi connectivity index (χ0v) is 5.10. The molecule has 3 heteroatoms. The number of nitroso groups, excluding NO2 is 1. The third kappa shape index (κ3) is 5.57. The maximum atomic E-state index is 7.25. The zero-order chi connectivity index (χ0) is 5.54. The van der Waals surface area contributed by atoms with E-state index in [0.717, 1.165) is 6.42 Å². The molecule has 0 aromatic heterocycles. The first kappa shape index (κ1) is 10.5. The number of rotatable bonds is 0. The van der Waals surface area contributed by atoms with Gasteiger partial charge >= 0.3 is 16.5 Å². The Balaban J connectivity index is 0. The molecule has 0 heterocycles. The predicted octanol–water partition coefficient (Wildman–Crippen LogP) is 1.63. The fourth-order valence-corrected chi connectivity index (χ4v) is 0.340. The SMILES string of the molecule is [C-]1=CC=CC1.[N-]=O.[Ni+2]. The van der Waals surface area contributed by atoms with E-state index in [0.29, 0.717) is 0 Å². The van der Waals surface area contributed by atoms with Gasteiger partial charge in [0.15, 0.2) is 0 Å². The topological polar surface area (TPSA) is 39.4 Å². The molecule has 1 aliphatic rings. The molecule has 46 valence electrons. The Morgan fingerprint density at radius 2 is 2.12 bits per heavy atom. The average Bonchev–Trinajstić information content (AvgIpc) is 2.23. The van der Waals surface area contributed by atoms with Gasteiger partial charge in [0.2, 0.25) is 0 Å². The van der Waals surface area contributed by atoms with E-state index in [9.17, 15) is 0 Å². The first-order valence-electron chi connectivity index (χ1n) is 1.90. The van der Waals surface area contributed by atoms with Gasteiger partial charge in [-0.1, -0.05) is 0 Å². The van der Waals surface area contributed by atoms with Gasteiger partial charge in [0.1, 0.15) is 0 Å². The van der Waals surface area contributed by atoms with Crippen molar-refractivity contribution in [3.8, 4) is 0 Å². The largest absolute Gasteiger partial charge is 2.00 e. The molecule has 0 atom stereocenters. The minimum atomic E-state index is 0. The van der Waals surface area contributed by atoms with Gasteiger partial charge in [-0.05, 0) is 0 Å². The van der Waals surface area contributed by atoms with Crippen LogP contribution in [0.25, 0.3) is 5.59 Å². The second-order valence-corrected chi connectivity index (χ2v) is 1.00. The summed E-state index contributed by atoms with van der Waals surface area (Å²) >= 11 is 0. The third-order valence-corrected chi connectivity index (χ3v) is 0.586. The van der Waals surface area contributed by atoms with E-state index in [-0.39, 0.29) is 16.5 Å². The van der Waals surface area contributed by atoms with Gasteiger partial charge < -0.3 is 10.5 Å². The molecule has 0 spiro atoms. The molecular formula is C5H5NNiO. The van der Waals surface area contributed by atoms with E-state index in [2.05, 4.69) is 12.2 Å². The summed E-state index contributed by atoms with van der Waals surface area (Å²) in [7, 11) is 0. The summed E-state index contributed by atoms with van der Waals surface area (Å²) in [5.41, 5.74) is 5.75. The van der Waals surface area contributed by atoms with E-state index in [1.54, 1.807) is 0 Å². The summed E-state index contributed by atoms with van der Waals surface area (Å²) in [6, 6.07) is 0. The molecule has 0 saturated carbocycles. The molecule has 1 rings (SSSR count). The maximum Gasteiger partial charge on any atom is 2.00 e. The van der Waals surface area contributed by atoms with Crippen LogP contribution in [0.1, 0.15) is 6.42 Å². The summed E-state index contributed by atoms with van der Waals surface area (Å²) in [4.78, 5) is 7.25. The van der Waals surface area contributed by atoms with Crippen LogP contribution in [0.3, 0.4) is 0 Å². The van der Waals surface area contributed by atoms with Crippen molar-refractivity contribution in [1.29, 1.82) is 0 Å². The van der Waals surface area contributed by atoms with Crippen LogP contribution < -0.4 is 0 Å². The number of nitrogens with zero attached hydrogens (tertiary/aromatic N) is 1. The van der Waals surface area contributed by atoms with Crippen molar-refractivity contribution in [2.24, 2.45) is 0 Å². The average molecular weight is 154 g/mol. The van der Waals surface area contributed by atoms with E-state index >= 15 is 0 Å². The van der Waals surface area contributed by atoms with Gasteiger partial charge in [0, 0.05) is 0 Å². The Hall–Kier alpha value is -0.426. The van der Waals surface area contributed by atoms with Crippen LogP contribution in [0.5, 0.6) is 0 Å². The van der Waals surface area contributed by atoms with Crippen LogP contribution in [-0.4, -0.2) is 0 Å². The van der Waals surface area contributed by atoms with Gasteiger partial charge in [-0.25, -0.2) is 12.2 Å². The monoisotopic (exact) mass is 153 g/mol. The molecular weight excluding hydrogens is 149 g/mol. The van der Waals surface area contributed by atoms with Gasteiger partial charge in [-0.2, -0.15) is 6.08 Å². The van der Waals surface area contributed by atoms with E-state index in [1.165, 1.54) is 0 Å². The molecule has 0 fully saturated rings. The molecule has 0 saturated heterocycles. The van der Waals surface area contributed by atoms with Gasteiger partial charge in [-0.3, -0.25) is 6.08 Å². The molecule has 1 aliphatic carbocycles. The molecule has 0 aromatic rings. The first-order valence-corrected chi connectivity index (χ1v) is 1.90. The third-order valence-electron chi connectivity index (χ3n) is 0.586. The predicted molar refractivity (Wildman–Crippen MR) is 28.3 cm³/mol. The first-order chi connectivity index (χ1) is 3.50. The number of hydrogen-bond acceptors (Lipinski definition) is 1. The van der Waals surface area contributed by atoms with Crippen LogP contribution >= 0.6 is 0 Å². The molecule has 0 unspecified atom stereocenters. The Bertz CT molecular complexity index is 80.4. The minimum absolute atomic E-state index is 0. The normalized spacial score (nSPS) is 11.5. The molecule has 0 aliphatic heterocycles. The van der Waals surface area contributed by atoms with Crippen LogP contribution in [0.4, 0.5) is 0 Å². The van der Waals surface area contributed by atoms with E-state index in [1.807, 2.05) is 12.2 Å². The van der Waals surface area contributed by atoms with E-state index < -0.39 is 0 Å². The van der Waals surface area contributed by atoms with Crippen molar-refractivity contribution in [2.75, 3.05) is 0 Å². The second kappa shape index (κ2) is 9.76. The molecule has 2 nitrogen and oxygen atoms in total. The van der Waals surface area contributed by atoms with Crippen molar-refractivity contribution < 1.29 is 16.5 Å². The number of hydrogen-bond donors (Lipinski definition) is 0. The fraction of sp³-hybridized carbons (Fsp3) is 0.200. The van der Waals surface area contributed by atoms with Crippen molar-refractivity contribution in [2.45, 2.75) is 6.42 Å². The summed E-state index contributed by atoms with van der Waals surface area (Å²) in [6.45, 7) is 0. The molecule has 0 N–H and O–H groups in total. The van der Waals surface area contributed by atoms with Crippen LogP contribution in [0, 0.1) is 11.0 Å². The van der Waals surface area contributed by atoms with Crippen molar-refractivity contribution in [1.82, 2.24) is 0 Å². The molecule has 0 bridgehead atoms. The van der Waals surface area contributed by atoms with Crippen molar-refractivity contribution in [3.05, 3.63) is 34.8 Å². The van der Waals surface area contributed by atoms with Crippen LogP contribution in [0.2, 0.25) is 0 Å². The molecule has 8 heavy (non-hydrogen) atoms. The Morgan fingerprint density at radius 3 is 2.25 bits per heavy atom. The minimum Gasteiger partial charge on any atom is -0.577 e. The maximum absolute atomic E-state index is 7.25. The Labute approximate surface area is 58.4 Å². The molecule has 0 amide bonds. The quantitative estimate of drug-likeness (QED) is 0.385. The molecule has 0 aromatic carbocycles. The van der Waals surface area contributed by atoms with Crippen molar-refractivity contribution in [3.63, 3.8) is 0 Å². The van der Waals surface area contributed by atoms with Gasteiger partial charge in [-0.15, -0.1) is 6.42 Å². The fourth-order valence-electron chi connectivity index (χ4n) is 0.340. The van der Waals surface area contributed by atoms with Crippen LogP contribution in [0.15, 0.2) is 18.2 Å².